The first-order valence-electron chi connectivity index (χ1n) is 6.65. The number of carboxylic acid groups (broad SMARTS) is 1. The third-order valence-corrected chi connectivity index (χ3v) is 5.06. The van der Waals surface area contributed by atoms with E-state index in [1.807, 2.05) is 13.8 Å². The third-order valence-electron chi connectivity index (χ3n) is 3.20. The fourth-order valence-electron chi connectivity index (χ4n) is 2.24. The molecule has 1 aromatic rings. The molecule has 1 aromatic heterocycles. The Morgan fingerprint density at radius 1 is 1.40 bits per heavy atom. The molecule has 1 rings (SSSR count). The van der Waals surface area contributed by atoms with E-state index in [4.69, 9.17) is 5.11 Å². The van der Waals surface area contributed by atoms with Crippen molar-refractivity contribution in [3.05, 3.63) is 17.0 Å². The Balaban J connectivity index is 3.07. The Kier molecular flexibility index (Phi) is 5.35. The normalized spacial score (nSPS) is 13.4. The average Bonchev–Trinajstić information content (AvgIpc) is 2.62. The molecule has 0 aliphatic carbocycles. The van der Waals surface area contributed by atoms with Gasteiger partial charge in [0.15, 0.2) is 0 Å². The third kappa shape index (κ3) is 3.61. The number of H-pyrrole nitrogens is 1. The standard InChI is InChI=1S/C13H22N2O4S/c1-5-6-7-8(2)15-20(18,19)12-9(3)11(13(16)17)14-10(12)4/h8,14-15H,5-7H2,1-4H3,(H,16,17). The van der Waals surface area contributed by atoms with E-state index in [1.165, 1.54) is 6.92 Å². The molecule has 0 radical (unpaired) electrons. The number of nitrogens with one attached hydrogen (secondary N) is 2. The molecule has 6 nitrogen and oxygen atoms in total. The monoisotopic (exact) mass is 302 g/mol. The minimum Gasteiger partial charge on any atom is -0.477 e. The highest BCUT2D eigenvalue weighted by Crippen LogP contribution is 2.23. The summed E-state index contributed by atoms with van der Waals surface area (Å²) in [6, 6.07) is -0.179. The first kappa shape index (κ1) is 16.7. The fourth-order valence-corrected chi connectivity index (χ4v) is 3.97. The van der Waals surface area contributed by atoms with E-state index in [0.29, 0.717) is 5.69 Å². The van der Waals surface area contributed by atoms with Crippen molar-refractivity contribution in [3.63, 3.8) is 0 Å². The molecule has 0 aliphatic rings. The van der Waals surface area contributed by atoms with Gasteiger partial charge in [-0.3, -0.25) is 0 Å². The van der Waals surface area contributed by atoms with Crippen molar-refractivity contribution >= 4 is 16.0 Å². The van der Waals surface area contributed by atoms with Crippen LogP contribution in [0, 0.1) is 13.8 Å². The van der Waals surface area contributed by atoms with Crippen LogP contribution < -0.4 is 4.72 Å². The highest BCUT2D eigenvalue weighted by atomic mass is 32.2. The van der Waals surface area contributed by atoms with E-state index in [0.717, 1.165) is 19.3 Å². The zero-order valence-corrected chi connectivity index (χ0v) is 13.1. The number of hydrogen-bond acceptors (Lipinski definition) is 3. The lowest BCUT2D eigenvalue weighted by molar-refractivity contribution is 0.0690. The van der Waals surface area contributed by atoms with Gasteiger partial charge in [-0.15, -0.1) is 0 Å². The van der Waals surface area contributed by atoms with Crippen molar-refractivity contribution in [1.29, 1.82) is 0 Å². The topological polar surface area (TPSA) is 99.3 Å². The van der Waals surface area contributed by atoms with Crippen LogP contribution >= 0.6 is 0 Å². The molecule has 20 heavy (non-hydrogen) atoms. The zero-order valence-electron chi connectivity index (χ0n) is 12.3. The molecule has 7 heteroatoms. The molecule has 0 saturated heterocycles. The summed E-state index contributed by atoms with van der Waals surface area (Å²) in [5, 5.41) is 9.02. The van der Waals surface area contributed by atoms with E-state index in [2.05, 4.69) is 9.71 Å². The summed E-state index contributed by atoms with van der Waals surface area (Å²) in [6.07, 6.45) is 2.69. The van der Waals surface area contributed by atoms with Gasteiger partial charge in [0.1, 0.15) is 10.6 Å². The van der Waals surface area contributed by atoms with Gasteiger partial charge in [0, 0.05) is 17.3 Å². The molecule has 0 bridgehead atoms. The van der Waals surface area contributed by atoms with E-state index >= 15 is 0 Å². The van der Waals surface area contributed by atoms with Crippen LogP contribution in [0.15, 0.2) is 4.90 Å². The number of aromatic amines is 1. The Hall–Kier alpha value is -1.34. The van der Waals surface area contributed by atoms with Gasteiger partial charge in [-0.1, -0.05) is 19.8 Å². The van der Waals surface area contributed by atoms with Gasteiger partial charge >= 0.3 is 5.97 Å². The second-order valence-electron chi connectivity index (χ2n) is 5.05. The van der Waals surface area contributed by atoms with Gasteiger partial charge in [0.05, 0.1) is 0 Å². The maximum Gasteiger partial charge on any atom is 0.352 e. The van der Waals surface area contributed by atoms with E-state index in [1.54, 1.807) is 6.92 Å². The summed E-state index contributed by atoms with van der Waals surface area (Å²) in [4.78, 5) is 13.7. The Morgan fingerprint density at radius 2 is 2.00 bits per heavy atom. The van der Waals surface area contributed by atoms with Crippen LogP contribution in [0.4, 0.5) is 0 Å². The molecule has 0 fully saturated rings. The summed E-state index contributed by atoms with van der Waals surface area (Å²) in [6.45, 7) is 6.91. The Bertz CT molecular complexity index is 590. The first-order chi connectivity index (χ1) is 9.20. The second-order valence-corrected chi connectivity index (χ2v) is 6.70. The van der Waals surface area contributed by atoms with Crippen LogP contribution in [-0.4, -0.2) is 30.5 Å². The van der Waals surface area contributed by atoms with Crippen molar-refractivity contribution in [2.45, 2.75) is 57.9 Å². The van der Waals surface area contributed by atoms with Crippen LogP contribution in [0.5, 0.6) is 0 Å². The summed E-state index contributed by atoms with van der Waals surface area (Å²) in [5.74, 6) is -1.16. The molecule has 1 atom stereocenters. The Labute approximate surface area is 119 Å². The van der Waals surface area contributed by atoms with Crippen LogP contribution in [0.25, 0.3) is 0 Å². The summed E-state index contributed by atoms with van der Waals surface area (Å²) in [5.41, 5.74) is 0.504. The molecule has 0 saturated carbocycles. The van der Waals surface area contributed by atoms with Gasteiger partial charge in [-0.25, -0.2) is 17.9 Å². The maximum atomic E-state index is 12.4. The lowest BCUT2D eigenvalue weighted by atomic mass is 10.2. The number of carbonyl (C=O) groups is 1. The van der Waals surface area contributed by atoms with Crippen LogP contribution in [0.1, 0.15) is 54.9 Å². The lowest BCUT2D eigenvalue weighted by Crippen LogP contribution is -2.33. The van der Waals surface area contributed by atoms with Crippen molar-refractivity contribution in [2.75, 3.05) is 0 Å². The van der Waals surface area contributed by atoms with Crippen molar-refractivity contribution < 1.29 is 18.3 Å². The van der Waals surface area contributed by atoms with Crippen molar-refractivity contribution in [1.82, 2.24) is 9.71 Å². The predicted octanol–water partition coefficient (Wildman–Crippen LogP) is 2.19. The number of carboxylic acids is 1. The SMILES string of the molecule is CCCCC(C)NS(=O)(=O)c1c(C)[nH]c(C(=O)O)c1C. The van der Waals surface area contributed by atoms with Gasteiger partial charge in [-0.05, 0) is 27.2 Å². The van der Waals surface area contributed by atoms with Gasteiger partial charge in [0.2, 0.25) is 10.0 Å². The van der Waals surface area contributed by atoms with Crippen LogP contribution in [0.2, 0.25) is 0 Å². The number of aromatic nitrogens is 1. The predicted molar refractivity (Wildman–Crippen MR) is 76.5 cm³/mol. The molecule has 1 heterocycles. The maximum absolute atomic E-state index is 12.4. The van der Waals surface area contributed by atoms with Crippen molar-refractivity contribution in [2.24, 2.45) is 0 Å². The zero-order chi connectivity index (χ0) is 15.5. The average molecular weight is 302 g/mol. The number of aryl methyl sites for hydroxylation is 1. The van der Waals surface area contributed by atoms with Gasteiger partial charge in [-0.2, -0.15) is 0 Å². The first-order valence-corrected chi connectivity index (χ1v) is 8.13. The van der Waals surface area contributed by atoms with Gasteiger partial charge < -0.3 is 10.1 Å². The number of aromatic carboxylic acids is 1. The molecule has 1 unspecified atom stereocenters. The summed E-state index contributed by atoms with van der Waals surface area (Å²) in [7, 11) is -3.71. The largest absolute Gasteiger partial charge is 0.477 e. The molecule has 3 N–H and O–H groups in total. The molecule has 0 aliphatic heterocycles. The number of hydrogen-bond donors (Lipinski definition) is 3. The van der Waals surface area contributed by atoms with E-state index in [9.17, 15) is 13.2 Å². The molecular weight excluding hydrogens is 280 g/mol. The lowest BCUT2D eigenvalue weighted by Gasteiger charge is -2.14. The molecule has 114 valence electrons. The highest BCUT2D eigenvalue weighted by Gasteiger charge is 2.27. The molecule has 0 amide bonds. The number of sulfonamides is 1. The molecule has 0 spiro atoms. The van der Waals surface area contributed by atoms with Crippen LogP contribution in [0.3, 0.4) is 0 Å². The van der Waals surface area contributed by atoms with E-state index in [-0.39, 0.29) is 22.2 Å². The highest BCUT2D eigenvalue weighted by molar-refractivity contribution is 7.89. The molecule has 0 aromatic carbocycles. The minimum absolute atomic E-state index is 0.0400. The fraction of sp³-hybridized carbons (Fsp3) is 0.615. The smallest absolute Gasteiger partial charge is 0.352 e. The van der Waals surface area contributed by atoms with E-state index < -0.39 is 16.0 Å². The second kappa shape index (κ2) is 6.41. The van der Waals surface area contributed by atoms with Crippen LogP contribution in [-0.2, 0) is 10.0 Å². The minimum atomic E-state index is -3.71. The number of unbranched alkanes of at least 4 members (excludes halogenated alkanes) is 1. The Morgan fingerprint density at radius 3 is 2.45 bits per heavy atom. The quantitative estimate of drug-likeness (QED) is 0.719. The molecular formula is C13H22N2O4S. The summed E-state index contributed by atoms with van der Waals surface area (Å²) >= 11 is 0. The van der Waals surface area contributed by atoms with Crippen molar-refractivity contribution in [3.8, 4) is 0 Å². The van der Waals surface area contributed by atoms with Gasteiger partial charge in [0.25, 0.3) is 0 Å². The summed E-state index contributed by atoms with van der Waals surface area (Å²) < 4.78 is 27.3. The number of rotatable bonds is 7.